The number of hydrogen-bond donors (Lipinski definition) is 1. The van der Waals surface area contributed by atoms with E-state index in [0.29, 0.717) is 22.7 Å². The summed E-state index contributed by atoms with van der Waals surface area (Å²) in [6.07, 6.45) is 6.11. The number of anilines is 1. The van der Waals surface area contributed by atoms with Crippen LogP contribution in [0.5, 0.6) is 0 Å². The first kappa shape index (κ1) is 8.72. The first-order valence-electron chi connectivity index (χ1n) is 4.57. The Kier molecular flexibility index (Phi) is 1.76. The summed E-state index contributed by atoms with van der Waals surface area (Å²) >= 11 is 0. The molecule has 78 valence electrons. The molecule has 3 aromatic rings. The van der Waals surface area contributed by atoms with Crippen LogP contribution in [-0.2, 0) is 0 Å². The molecule has 0 saturated carbocycles. The van der Waals surface area contributed by atoms with Gasteiger partial charge >= 0.3 is 0 Å². The van der Waals surface area contributed by atoms with Crippen molar-refractivity contribution in [2.45, 2.75) is 0 Å². The van der Waals surface area contributed by atoms with Gasteiger partial charge in [0, 0.05) is 12.3 Å². The van der Waals surface area contributed by atoms with Crippen LogP contribution in [0.25, 0.3) is 16.9 Å². The Morgan fingerprint density at radius 2 is 2.06 bits per heavy atom. The van der Waals surface area contributed by atoms with E-state index in [2.05, 4.69) is 25.0 Å². The average Bonchev–Trinajstić information content (AvgIpc) is 2.75. The van der Waals surface area contributed by atoms with Gasteiger partial charge in [-0.15, -0.1) is 0 Å². The summed E-state index contributed by atoms with van der Waals surface area (Å²) in [5, 5.41) is 4.88. The SMILES string of the molecule is Nc1ncnc2c1cnn2-c1ccncn1. The molecule has 0 saturated heterocycles. The molecule has 0 radical (unpaired) electrons. The molecule has 0 spiro atoms. The predicted octanol–water partition coefficient (Wildman–Crippen LogP) is 0.188. The normalized spacial score (nSPS) is 10.8. The molecule has 0 unspecified atom stereocenters. The zero-order chi connectivity index (χ0) is 11.0. The fraction of sp³-hybridized carbons (Fsp3) is 0. The average molecular weight is 213 g/mol. The molecule has 7 nitrogen and oxygen atoms in total. The Morgan fingerprint density at radius 3 is 2.88 bits per heavy atom. The van der Waals surface area contributed by atoms with Crippen LogP contribution in [0.4, 0.5) is 5.82 Å². The van der Waals surface area contributed by atoms with Gasteiger partial charge in [0.1, 0.15) is 18.5 Å². The van der Waals surface area contributed by atoms with Crippen LogP contribution < -0.4 is 5.73 Å². The lowest BCUT2D eigenvalue weighted by atomic mass is 10.4. The van der Waals surface area contributed by atoms with E-state index < -0.39 is 0 Å². The van der Waals surface area contributed by atoms with Gasteiger partial charge in [-0.25, -0.2) is 19.9 Å². The molecule has 7 heteroatoms. The zero-order valence-corrected chi connectivity index (χ0v) is 8.15. The van der Waals surface area contributed by atoms with Crippen molar-refractivity contribution in [1.29, 1.82) is 0 Å². The lowest BCUT2D eigenvalue weighted by Gasteiger charge is -2.00. The maximum absolute atomic E-state index is 5.71. The van der Waals surface area contributed by atoms with E-state index in [4.69, 9.17) is 5.73 Å². The number of aromatic nitrogens is 6. The molecule has 3 aromatic heterocycles. The molecule has 0 aliphatic heterocycles. The lowest BCUT2D eigenvalue weighted by Crippen LogP contribution is -2.01. The van der Waals surface area contributed by atoms with Crippen LogP contribution in [0, 0.1) is 0 Å². The molecule has 0 aliphatic rings. The summed E-state index contributed by atoms with van der Waals surface area (Å²) in [5.74, 6) is 1.05. The second-order valence-electron chi connectivity index (χ2n) is 3.12. The summed E-state index contributed by atoms with van der Waals surface area (Å²) in [6, 6.07) is 1.74. The monoisotopic (exact) mass is 213 g/mol. The van der Waals surface area contributed by atoms with Crippen LogP contribution in [-0.4, -0.2) is 29.7 Å². The van der Waals surface area contributed by atoms with Crippen LogP contribution >= 0.6 is 0 Å². The van der Waals surface area contributed by atoms with Gasteiger partial charge < -0.3 is 5.73 Å². The third-order valence-electron chi connectivity index (χ3n) is 2.18. The fourth-order valence-corrected chi connectivity index (χ4v) is 1.44. The minimum absolute atomic E-state index is 0.408. The maximum Gasteiger partial charge on any atom is 0.170 e. The van der Waals surface area contributed by atoms with Crippen molar-refractivity contribution in [3.8, 4) is 5.82 Å². The minimum atomic E-state index is 0.408. The Bertz CT molecular complexity index is 631. The van der Waals surface area contributed by atoms with Crippen molar-refractivity contribution in [2.75, 3.05) is 5.73 Å². The summed E-state index contributed by atoms with van der Waals surface area (Å²) in [7, 11) is 0. The highest BCUT2D eigenvalue weighted by Crippen LogP contribution is 2.17. The number of nitrogen functional groups attached to an aromatic ring is 1. The molecule has 3 heterocycles. The summed E-state index contributed by atoms with van der Waals surface area (Å²) < 4.78 is 1.59. The van der Waals surface area contributed by atoms with Gasteiger partial charge in [-0.1, -0.05) is 0 Å². The molecule has 0 aliphatic carbocycles. The summed E-state index contributed by atoms with van der Waals surface area (Å²) in [5.41, 5.74) is 6.34. The second kappa shape index (κ2) is 3.23. The third-order valence-corrected chi connectivity index (χ3v) is 2.18. The second-order valence-corrected chi connectivity index (χ2v) is 3.12. The van der Waals surface area contributed by atoms with Crippen LogP contribution in [0.2, 0.25) is 0 Å². The Labute approximate surface area is 90.0 Å². The summed E-state index contributed by atoms with van der Waals surface area (Å²) in [4.78, 5) is 16.0. The van der Waals surface area contributed by atoms with E-state index in [1.807, 2.05) is 0 Å². The van der Waals surface area contributed by atoms with Crippen LogP contribution in [0.15, 0.2) is 31.1 Å². The molecule has 0 aromatic carbocycles. The highest BCUT2D eigenvalue weighted by Gasteiger charge is 2.09. The zero-order valence-electron chi connectivity index (χ0n) is 8.15. The molecular formula is C9H7N7. The van der Waals surface area contributed by atoms with Gasteiger partial charge in [-0.05, 0) is 0 Å². The summed E-state index contributed by atoms with van der Waals surface area (Å²) in [6.45, 7) is 0. The quantitative estimate of drug-likeness (QED) is 0.619. The van der Waals surface area contributed by atoms with E-state index in [0.717, 1.165) is 0 Å². The molecule has 3 rings (SSSR count). The standard InChI is InChI=1S/C9H7N7/c10-8-6-3-15-16(9(6)14-5-13-8)7-1-2-11-4-12-7/h1-5H,(H2,10,13,14). The smallest absolute Gasteiger partial charge is 0.170 e. The number of hydrogen-bond acceptors (Lipinski definition) is 6. The van der Waals surface area contributed by atoms with Crippen LogP contribution in [0.1, 0.15) is 0 Å². The van der Waals surface area contributed by atoms with E-state index >= 15 is 0 Å². The Balaban J connectivity index is 2.30. The number of rotatable bonds is 1. The van der Waals surface area contributed by atoms with Crippen molar-refractivity contribution in [2.24, 2.45) is 0 Å². The number of nitrogens with two attached hydrogens (primary N) is 1. The first-order chi connectivity index (χ1) is 7.86. The number of fused-ring (bicyclic) bond motifs is 1. The first-order valence-corrected chi connectivity index (χ1v) is 4.57. The van der Waals surface area contributed by atoms with Gasteiger partial charge in [0.25, 0.3) is 0 Å². The molecule has 0 amide bonds. The van der Waals surface area contributed by atoms with Gasteiger partial charge in [-0.3, -0.25) is 0 Å². The van der Waals surface area contributed by atoms with Crippen molar-refractivity contribution >= 4 is 16.9 Å². The highest BCUT2D eigenvalue weighted by molar-refractivity contribution is 5.85. The molecule has 2 N–H and O–H groups in total. The Morgan fingerprint density at radius 1 is 1.12 bits per heavy atom. The van der Waals surface area contributed by atoms with Gasteiger partial charge in [0.15, 0.2) is 11.5 Å². The van der Waals surface area contributed by atoms with E-state index in [9.17, 15) is 0 Å². The molecular weight excluding hydrogens is 206 g/mol. The highest BCUT2D eigenvalue weighted by atomic mass is 15.3. The van der Waals surface area contributed by atoms with Crippen molar-refractivity contribution in [3.05, 3.63) is 31.1 Å². The molecule has 16 heavy (non-hydrogen) atoms. The van der Waals surface area contributed by atoms with E-state index in [-0.39, 0.29) is 0 Å². The van der Waals surface area contributed by atoms with Gasteiger partial charge in [-0.2, -0.15) is 9.78 Å². The molecule has 0 fully saturated rings. The minimum Gasteiger partial charge on any atom is -0.383 e. The largest absolute Gasteiger partial charge is 0.383 e. The van der Waals surface area contributed by atoms with Gasteiger partial charge in [0.2, 0.25) is 0 Å². The van der Waals surface area contributed by atoms with Crippen molar-refractivity contribution in [1.82, 2.24) is 29.7 Å². The van der Waals surface area contributed by atoms with Gasteiger partial charge in [0.05, 0.1) is 11.6 Å². The Hall–Kier alpha value is -2.57. The topological polar surface area (TPSA) is 95.4 Å². The van der Waals surface area contributed by atoms with E-state index in [1.54, 1.807) is 23.1 Å². The maximum atomic E-state index is 5.71. The molecule has 0 bridgehead atoms. The van der Waals surface area contributed by atoms with E-state index in [1.165, 1.54) is 12.7 Å². The fourth-order valence-electron chi connectivity index (χ4n) is 1.44. The molecule has 0 atom stereocenters. The number of nitrogens with zero attached hydrogens (tertiary/aromatic N) is 6. The van der Waals surface area contributed by atoms with Crippen LogP contribution in [0.3, 0.4) is 0 Å². The lowest BCUT2D eigenvalue weighted by molar-refractivity contribution is 0.853. The predicted molar refractivity (Wildman–Crippen MR) is 56.7 cm³/mol. The van der Waals surface area contributed by atoms with Crippen molar-refractivity contribution in [3.63, 3.8) is 0 Å². The van der Waals surface area contributed by atoms with Crippen molar-refractivity contribution < 1.29 is 0 Å². The third kappa shape index (κ3) is 1.18.